The van der Waals surface area contributed by atoms with E-state index in [9.17, 15) is 0 Å². The van der Waals surface area contributed by atoms with Gasteiger partial charge in [0.05, 0.1) is 25.6 Å². The highest BCUT2D eigenvalue weighted by atomic mass is 32.1. The Hall–Kier alpha value is -1.89. The Morgan fingerprint density at radius 3 is 2.81 bits per heavy atom. The van der Waals surface area contributed by atoms with Crippen molar-refractivity contribution in [3.8, 4) is 22.1 Å². The number of nitrogens with one attached hydrogen (secondary N) is 1. The number of nitrogens with zero attached hydrogens (tertiary/aromatic N) is 1. The molecule has 136 valence electrons. The van der Waals surface area contributed by atoms with Gasteiger partial charge in [0.2, 0.25) is 0 Å². The predicted molar refractivity (Wildman–Crippen MR) is 106 cm³/mol. The van der Waals surface area contributed by atoms with E-state index in [1.807, 2.05) is 29.5 Å². The van der Waals surface area contributed by atoms with Crippen molar-refractivity contribution >= 4 is 22.7 Å². The zero-order valence-electron chi connectivity index (χ0n) is 15.0. The molecule has 2 aromatic heterocycles. The zero-order chi connectivity index (χ0) is 17.9. The first-order chi connectivity index (χ1) is 12.8. The van der Waals surface area contributed by atoms with E-state index in [-0.39, 0.29) is 0 Å². The summed E-state index contributed by atoms with van der Waals surface area (Å²) >= 11 is 3.58. The predicted octanol–water partition coefficient (Wildman–Crippen LogP) is 3.81. The van der Waals surface area contributed by atoms with E-state index >= 15 is 0 Å². The van der Waals surface area contributed by atoms with Crippen LogP contribution in [0, 0.1) is 0 Å². The van der Waals surface area contributed by atoms with Crippen LogP contribution in [0.5, 0.6) is 11.5 Å². The van der Waals surface area contributed by atoms with Crippen molar-refractivity contribution in [1.29, 1.82) is 0 Å². The molecule has 1 saturated heterocycles. The maximum atomic E-state index is 5.42. The second-order valence-electron chi connectivity index (χ2n) is 6.51. The van der Waals surface area contributed by atoms with Crippen LogP contribution < -0.4 is 14.4 Å². The minimum Gasteiger partial charge on any atom is -0.493 e. The van der Waals surface area contributed by atoms with Gasteiger partial charge in [-0.3, -0.25) is 0 Å². The molecule has 1 N–H and O–H groups in total. The first-order valence-corrected chi connectivity index (χ1v) is 10.6. The van der Waals surface area contributed by atoms with Crippen LogP contribution in [0.4, 0.5) is 0 Å². The summed E-state index contributed by atoms with van der Waals surface area (Å²) in [6, 6.07) is 11.0. The normalized spacial score (nSPS) is 19.6. The number of thiazole rings is 1. The van der Waals surface area contributed by atoms with Gasteiger partial charge in [-0.05, 0) is 29.6 Å². The van der Waals surface area contributed by atoms with E-state index in [0.717, 1.165) is 28.6 Å². The monoisotopic (exact) mass is 387 g/mol. The van der Waals surface area contributed by atoms with E-state index in [1.165, 1.54) is 30.0 Å². The lowest BCUT2D eigenvalue weighted by molar-refractivity contribution is -0.931. The summed E-state index contributed by atoms with van der Waals surface area (Å²) < 4.78 is 10.7. The standard InChI is InChI=1S/C20H22N2O2S2/c1-23-17-8-7-14(11-18(17)24-2)20-21-15(13-26-20)12-22-9-3-5-16(22)19-6-4-10-25-19/h4,6-8,10-11,13,16H,3,5,9,12H2,1-2H3/p+1/t16-/m0/s1. The Kier molecular flexibility index (Phi) is 5.24. The summed E-state index contributed by atoms with van der Waals surface area (Å²) in [5, 5.41) is 5.42. The second-order valence-corrected chi connectivity index (χ2v) is 8.35. The molecule has 0 bridgehead atoms. The minimum atomic E-state index is 0.626. The number of rotatable bonds is 6. The quantitative estimate of drug-likeness (QED) is 0.699. The summed E-state index contributed by atoms with van der Waals surface area (Å²) in [6.07, 6.45) is 2.58. The molecule has 1 aromatic carbocycles. The van der Waals surface area contributed by atoms with E-state index in [4.69, 9.17) is 14.5 Å². The Morgan fingerprint density at radius 1 is 1.15 bits per heavy atom. The highest BCUT2D eigenvalue weighted by Gasteiger charge is 2.31. The summed E-state index contributed by atoms with van der Waals surface area (Å²) in [4.78, 5) is 8.04. The van der Waals surface area contributed by atoms with E-state index in [1.54, 1.807) is 30.5 Å². The molecule has 0 radical (unpaired) electrons. The maximum absolute atomic E-state index is 5.42. The molecule has 6 heteroatoms. The summed E-state index contributed by atoms with van der Waals surface area (Å²) in [6.45, 7) is 2.22. The molecule has 3 aromatic rings. The number of hydrogen-bond donors (Lipinski definition) is 1. The van der Waals surface area contributed by atoms with E-state index < -0.39 is 0 Å². The Balaban J connectivity index is 1.51. The first-order valence-electron chi connectivity index (χ1n) is 8.83. The number of hydrogen-bond acceptors (Lipinski definition) is 5. The lowest BCUT2D eigenvalue weighted by Gasteiger charge is -2.19. The molecule has 1 aliphatic heterocycles. The van der Waals surface area contributed by atoms with Crippen molar-refractivity contribution in [2.24, 2.45) is 0 Å². The van der Waals surface area contributed by atoms with Gasteiger partial charge in [0.15, 0.2) is 11.5 Å². The third-order valence-electron chi connectivity index (χ3n) is 4.96. The van der Waals surface area contributed by atoms with Crippen LogP contribution in [0.1, 0.15) is 29.5 Å². The van der Waals surface area contributed by atoms with Gasteiger partial charge in [0.25, 0.3) is 0 Å². The van der Waals surface area contributed by atoms with Gasteiger partial charge in [-0.2, -0.15) is 0 Å². The average molecular weight is 388 g/mol. The van der Waals surface area contributed by atoms with Crippen LogP contribution in [0.2, 0.25) is 0 Å². The molecule has 1 fully saturated rings. The third-order valence-corrected chi connectivity index (χ3v) is 6.89. The summed E-state index contributed by atoms with van der Waals surface area (Å²) in [5.41, 5.74) is 2.25. The van der Waals surface area contributed by atoms with Crippen LogP contribution in [0.3, 0.4) is 0 Å². The van der Waals surface area contributed by atoms with Gasteiger partial charge in [-0.1, -0.05) is 6.07 Å². The van der Waals surface area contributed by atoms with Gasteiger partial charge in [-0.25, -0.2) is 4.98 Å². The number of methoxy groups -OCH3 is 2. The van der Waals surface area contributed by atoms with Crippen LogP contribution in [-0.4, -0.2) is 25.7 Å². The highest BCUT2D eigenvalue weighted by molar-refractivity contribution is 7.13. The SMILES string of the molecule is COc1ccc(-c2nc(C[NH+]3CCC[C@H]3c3cccs3)cs2)cc1OC. The van der Waals surface area contributed by atoms with E-state index in [0.29, 0.717) is 6.04 Å². The molecular formula is C20H23N2O2S2+. The molecule has 1 unspecified atom stereocenters. The largest absolute Gasteiger partial charge is 0.493 e. The molecule has 2 atom stereocenters. The van der Waals surface area contributed by atoms with Crippen LogP contribution in [0.15, 0.2) is 41.1 Å². The smallest absolute Gasteiger partial charge is 0.161 e. The van der Waals surface area contributed by atoms with Crippen molar-refractivity contribution in [1.82, 2.24) is 4.98 Å². The van der Waals surface area contributed by atoms with Crippen molar-refractivity contribution < 1.29 is 14.4 Å². The van der Waals surface area contributed by atoms with Crippen molar-refractivity contribution in [3.63, 3.8) is 0 Å². The Morgan fingerprint density at radius 2 is 2.04 bits per heavy atom. The number of thiophene rings is 1. The summed E-state index contributed by atoms with van der Waals surface area (Å²) in [5.74, 6) is 1.48. The average Bonchev–Trinajstić information content (AvgIpc) is 3.42. The van der Waals surface area contributed by atoms with E-state index in [2.05, 4.69) is 22.9 Å². The Labute approximate surface area is 162 Å². The van der Waals surface area contributed by atoms with Crippen molar-refractivity contribution in [2.45, 2.75) is 25.4 Å². The van der Waals surface area contributed by atoms with Gasteiger partial charge < -0.3 is 14.4 Å². The zero-order valence-corrected chi connectivity index (χ0v) is 16.7. The molecular weight excluding hydrogens is 364 g/mol. The van der Waals surface area contributed by atoms with Crippen molar-refractivity contribution in [3.05, 3.63) is 51.7 Å². The fourth-order valence-electron chi connectivity index (χ4n) is 3.68. The number of benzene rings is 1. The fraction of sp³-hybridized carbons (Fsp3) is 0.350. The molecule has 4 nitrogen and oxygen atoms in total. The fourth-order valence-corrected chi connectivity index (χ4v) is 5.42. The Bertz CT molecular complexity index is 861. The molecule has 0 amide bonds. The van der Waals surface area contributed by atoms with Gasteiger partial charge in [0, 0.05) is 23.8 Å². The molecule has 26 heavy (non-hydrogen) atoms. The minimum absolute atomic E-state index is 0.626. The molecule has 3 heterocycles. The van der Waals surface area contributed by atoms with Crippen LogP contribution >= 0.6 is 22.7 Å². The van der Waals surface area contributed by atoms with Gasteiger partial charge in [-0.15, -0.1) is 22.7 Å². The topological polar surface area (TPSA) is 35.8 Å². The van der Waals surface area contributed by atoms with Crippen LogP contribution in [0.25, 0.3) is 10.6 Å². The van der Waals surface area contributed by atoms with Crippen molar-refractivity contribution in [2.75, 3.05) is 20.8 Å². The number of quaternary nitrogens is 1. The first kappa shape index (κ1) is 17.5. The van der Waals surface area contributed by atoms with Gasteiger partial charge >= 0.3 is 0 Å². The molecule has 0 saturated carbocycles. The second kappa shape index (κ2) is 7.78. The highest BCUT2D eigenvalue weighted by Crippen LogP contribution is 2.33. The lowest BCUT2D eigenvalue weighted by atomic mass is 10.2. The van der Waals surface area contributed by atoms with Crippen LogP contribution in [-0.2, 0) is 6.54 Å². The summed E-state index contributed by atoms with van der Waals surface area (Å²) in [7, 11) is 3.32. The molecule has 1 aliphatic rings. The molecule has 4 rings (SSSR count). The number of ether oxygens (including phenoxy) is 2. The maximum Gasteiger partial charge on any atom is 0.161 e. The number of aromatic nitrogens is 1. The van der Waals surface area contributed by atoms with Gasteiger partial charge in [0.1, 0.15) is 23.3 Å². The third kappa shape index (κ3) is 3.49. The molecule has 0 aliphatic carbocycles. The number of likely N-dealkylation sites (tertiary alicyclic amines) is 1. The molecule has 0 spiro atoms. The lowest BCUT2D eigenvalue weighted by Crippen LogP contribution is -3.08.